The third-order valence-electron chi connectivity index (χ3n) is 5.43. The fourth-order valence-corrected chi connectivity index (χ4v) is 3.92. The molecular weight excluding hydrogens is 456 g/mol. The van der Waals surface area contributed by atoms with Crippen LogP contribution in [-0.4, -0.2) is 40.4 Å². The second kappa shape index (κ2) is 12.5. The summed E-state index contributed by atoms with van der Waals surface area (Å²) in [5.41, 5.74) is 3.57. The van der Waals surface area contributed by atoms with E-state index in [-0.39, 0.29) is 6.42 Å². The molecule has 2 aromatic carbocycles. The van der Waals surface area contributed by atoms with Gasteiger partial charge in [-0.05, 0) is 56.0 Å². The minimum atomic E-state index is -0.830. The topological polar surface area (TPSA) is 82.8 Å². The van der Waals surface area contributed by atoms with E-state index >= 15 is 0 Å². The molecule has 0 saturated heterocycles. The van der Waals surface area contributed by atoms with E-state index in [4.69, 9.17) is 35.9 Å². The Labute approximate surface area is 205 Å². The number of carbonyl (C=O) groups is 1. The van der Waals surface area contributed by atoms with Gasteiger partial charge in [0.05, 0.1) is 37.4 Å². The van der Waals surface area contributed by atoms with Crippen LogP contribution >= 0.6 is 11.6 Å². The van der Waals surface area contributed by atoms with Crippen LogP contribution in [0.3, 0.4) is 0 Å². The van der Waals surface area contributed by atoms with Crippen molar-refractivity contribution in [3.63, 3.8) is 0 Å². The number of aromatic nitrogens is 2. The van der Waals surface area contributed by atoms with Crippen LogP contribution in [0.25, 0.3) is 11.0 Å². The van der Waals surface area contributed by atoms with Gasteiger partial charge in [0.2, 0.25) is 0 Å². The Balaban J connectivity index is 1.84. The van der Waals surface area contributed by atoms with Gasteiger partial charge in [-0.25, -0.2) is 0 Å². The van der Waals surface area contributed by atoms with Crippen molar-refractivity contribution in [3.05, 3.63) is 46.5 Å². The molecule has 184 valence electrons. The highest BCUT2D eigenvalue weighted by molar-refractivity contribution is 6.31. The predicted octanol–water partition coefficient (Wildman–Crippen LogP) is 6.26. The van der Waals surface area contributed by atoms with Crippen molar-refractivity contribution in [1.82, 2.24) is 9.55 Å². The number of unbranched alkanes of at least 4 members (excludes halogenated alkanes) is 2. The van der Waals surface area contributed by atoms with E-state index in [1.807, 2.05) is 48.7 Å². The maximum atomic E-state index is 10.7. The lowest BCUT2D eigenvalue weighted by Gasteiger charge is -2.13. The Morgan fingerprint density at radius 2 is 1.79 bits per heavy atom. The van der Waals surface area contributed by atoms with Crippen LogP contribution in [0.2, 0.25) is 5.02 Å². The Kier molecular flexibility index (Phi) is 9.45. The molecule has 8 heteroatoms. The van der Waals surface area contributed by atoms with Gasteiger partial charge in [0.1, 0.15) is 11.5 Å². The van der Waals surface area contributed by atoms with Gasteiger partial charge in [0.25, 0.3) is 6.01 Å². The van der Waals surface area contributed by atoms with Crippen molar-refractivity contribution in [1.29, 1.82) is 0 Å². The molecule has 3 rings (SSSR count). The summed E-state index contributed by atoms with van der Waals surface area (Å²) in [5.74, 6) is 0.601. The van der Waals surface area contributed by atoms with Crippen LogP contribution in [0, 0.1) is 6.92 Å². The zero-order valence-electron chi connectivity index (χ0n) is 20.1. The molecule has 0 radical (unpaired) electrons. The van der Waals surface area contributed by atoms with Gasteiger partial charge in [0.15, 0.2) is 0 Å². The number of benzene rings is 2. The second-order valence-corrected chi connectivity index (χ2v) is 8.58. The summed E-state index contributed by atoms with van der Waals surface area (Å²) in [6, 6.07) is 10.1. The molecule has 0 aliphatic heterocycles. The molecule has 0 aliphatic rings. The average molecular weight is 489 g/mol. The molecule has 0 unspecified atom stereocenters. The monoisotopic (exact) mass is 488 g/mol. The summed E-state index contributed by atoms with van der Waals surface area (Å²) in [6.07, 6.45) is 3.83. The summed E-state index contributed by atoms with van der Waals surface area (Å²) in [7, 11) is 0. The summed E-state index contributed by atoms with van der Waals surface area (Å²) in [6.45, 7) is 8.02. The van der Waals surface area contributed by atoms with Crippen LogP contribution in [-0.2, 0) is 11.3 Å². The molecule has 34 heavy (non-hydrogen) atoms. The fourth-order valence-electron chi connectivity index (χ4n) is 3.69. The fraction of sp³-hybridized carbons (Fsp3) is 0.462. The van der Waals surface area contributed by atoms with Gasteiger partial charge >= 0.3 is 5.97 Å². The van der Waals surface area contributed by atoms with E-state index in [1.165, 1.54) is 0 Å². The average Bonchev–Trinajstić information content (AvgIpc) is 3.14. The molecule has 0 saturated carbocycles. The van der Waals surface area contributed by atoms with Gasteiger partial charge in [-0.1, -0.05) is 37.4 Å². The maximum Gasteiger partial charge on any atom is 0.303 e. The van der Waals surface area contributed by atoms with Gasteiger partial charge in [0, 0.05) is 17.5 Å². The number of hydrogen-bond acceptors (Lipinski definition) is 5. The summed E-state index contributed by atoms with van der Waals surface area (Å²) < 4.78 is 19.5. The first-order chi connectivity index (χ1) is 16.4. The number of imidazole rings is 1. The molecule has 0 bridgehead atoms. The number of nitrogens with zero attached hydrogens (tertiary/aromatic N) is 2. The highest BCUT2D eigenvalue weighted by Crippen LogP contribution is 2.31. The van der Waals surface area contributed by atoms with Crippen LogP contribution < -0.4 is 14.2 Å². The van der Waals surface area contributed by atoms with Gasteiger partial charge in [-0.3, -0.25) is 9.36 Å². The summed E-state index contributed by atoms with van der Waals surface area (Å²) >= 11 is 6.61. The number of fused-ring (bicyclic) bond motifs is 1. The first kappa shape index (κ1) is 25.7. The largest absolute Gasteiger partial charge is 0.494 e. The van der Waals surface area contributed by atoms with E-state index < -0.39 is 5.97 Å². The van der Waals surface area contributed by atoms with E-state index in [1.54, 1.807) is 0 Å². The number of hydrogen-bond donors (Lipinski definition) is 1. The highest BCUT2D eigenvalue weighted by Gasteiger charge is 2.17. The van der Waals surface area contributed by atoms with Gasteiger partial charge in [-0.15, -0.1) is 0 Å². The molecule has 1 heterocycles. The molecule has 7 nitrogen and oxygen atoms in total. The lowest BCUT2D eigenvalue weighted by atomic mass is 10.1. The van der Waals surface area contributed by atoms with Crippen molar-refractivity contribution in [2.24, 2.45) is 0 Å². The van der Waals surface area contributed by atoms with Crippen molar-refractivity contribution < 1.29 is 24.1 Å². The highest BCUT2D eigenvalue weighted by atomic mass is 35.5. The van der Waals surface area contributed by atoms with E-state index in [0.29, 0.717) is 49.6 Å². The number of rotatable bonds is 14. The SMILES string of the molecule is CCCCCOc1ccc(Cn2c(OCC)nc3c(C)cc(OCCCC(=O)O)cc32)c(Cl)c1. The predicted molar refractivity (Wildman–Crippen MR) is 134 cm³/mol. The van der Waals surface area contributed by atoms with Gasteiger partial charge in [-0.2, -0.15) is 4.98 Å². The zero-order chi connectivity index (χ0) is 24.5. The number of carboxylic acids is 1. The quantitative estimate of drug-likeness (QED) is 0.270. The normalized spacial score (nSPS) is 11.1. The van der Waals surface area contributed by atoms with Crippen molar-refractivity contribution in [2.75, 3.05) is 19.8 Å². The van der Waals surface area contributed by atoms with Crippen molar-refractivity contribution >= 4 is 28.6 Å². The third kappa shape index (κ3) is 6.79. The lowest BCUT2D eigenvalue weighted by molar-refractivity contribution is -0.137. The van der Waals surface area contributed by atoms with E-state index in [9.17, 15) is 4.79 Å². The minimum absolute atomic E-state index is 0.0739. The summed E-state index contributed by atoms with van der Waals surface area (Å²) in [5, 5.41) is 9.45. The second-order valence-electron chi connectivity index (χ2n) is 8.18. The van der Waals surface area contributed by atoms with Crippen LogP contribution in [0.1, 0.15) is 57.1 Å². The standard InChI is InChI=1S/C26H33ClN2O5/c1-4-6-7-12-33-20-11-10-19(22(27)15-20)17-29-23-16-21(34-13-8-9-24(30)31)14-18(3)25(23)28-26(29)32-5-2/h10-11,14-16H,4-9,12-13,17H2,1-3H3,(H,30,31). The Morgan fingerprint density at radius 3 is 2.50 bits per heavy atom. The van der Waals surface area contributed by atoms with Gasteiger partial charge < -0.3 is 19.3 Å². The number of carboxylic acid groups (broad SMARTS) is 1. The number of aliphatic carboxylic acids is 1. The lowest BCUT2D eigenvalue weighted by Crippen LogP contribution is -2.06. The molecule has 0 atom stereocenters. The maximum absolute atomic E-state index is 10.7. The number of aryl methyl sites for hydroxylation is 1. The number of halogens is 1. The summed E-state index contributed by atoms with van der Waals surface area (Å²) in [4.78, 5) is 15.5. The third-order valence-corrected chi connectivity index (χ3v) is 5.78. The molecule has 1 N–H and O–H groups in total. The van der Waals surface area contributed by atoms with Crippen LogP contribution in [0.4, 0.5) is 0 Å². The molecule has 0 fully saturated rings. The molecular formula is C26H33ClN2O5. The van der Waals surface area contributed by atoms with Crippen molar-refractivity contribution in [3.8, 4) is 17.5 Å². The Hall–Kier alpha value is -2.93. The molecule has 0 spiro atoms. The first-order valence-electron chi connectivity index (χ1n) is 11.8. The number of ether oxygens (including phenoxy) is 3. The van der Waals surface area contributed by atoms with Crippen LogP contribution in [0.15, 0.2) is 30.3 Å². The Bertz CT molecular complexity index is 1110. The van der Waals surface area contributed by atoms with Crippen LogP contribution in [0.5, 0.6) is 17.5 Å². The molecule has 3 aromatic rings. The van der Waals surface area contributed by atoms with Crippen molar-refractivity contribution in [2.45, 2.75) is 59.4 Å². The molecule has 0 amide bonds. The Morgan fingerprint density at radius 1 is 1.03 bits per heavy atom. The minimum Gasteiger partial charge on any atom is -0.494 e. The first-order valence-corrected chi connectivity index (χ1v) is 12.2. The molecule has 0 aliphatic carbocycles. The zero-order valence-corrected chi connectivity index (χ0v) is 20.9. The van der Waals surface area contributed by atoms with E-state index in [2.05, 4.69) is 6.92 Å². The van der Waals surface area contributed by atoms with E-state index in [0.717, 1.165) is 47.2 Å². The molecule has 1 aromatic heterocycles. The smallest absolute Gasteiger partial charge is 0.303 e.